The monoisotopic (exact) mass is 548 g/mol. The van der Waals surface area contributed by atoms with Crippen LogP contribution in [0.15, 0.2) is 55.1 Å². The lowest BCUT2D eigenvalue weighted by Crippen LogP contribution is -2.16. The van der Waals surface area contributed by atoms with Crippen LogP contribution in [0.4, 0.5) is 0 Å². The first-order valence-electron chi connectivity index (χ1n) is 12.0. The number of halogens is 1. The molecule has 1 N–H and O–H groups in total. The minimum atomic E-state index is -0.742. The third-order valence-electron chi connectivity index (χ3n) is 6.28. The van der Waals surface area contributed by atoms with Crippen LogP contribution < -0.4 is 25.4 Å². The Morgan fingerprint density at radius 3 is 2.72 bits per heavy atom. The van der Waals surface area contributed by atoms with Gasteiger partial charge in [-0.1, -0.05) is 16.8 Å². The van der Waals surface area contributed by atoms with Crippen LogP contribution in [0.3, 0.4) is 0 Å². The predicted molar refractivity (Wildman–Crippen MR) is 141 cm³/mol. The minimum absolute atomic E-state index is 0.0642. The fourth-order valence-electron chi connectivity index (χ4n) is 4.48. The fraction of sp³-hybridized carbons (Fsp3) is 0.222. The van der Waals surface area contributed by atoms with Crippen LogP contribution in [0.25, 0.3) is 33.8 Å². The molecule has 11 nitrogen and oxygen atoms in total. The van der Waals surface area contributed by atoms with Gasteiger partial charge in [0.1, 0.15) is 41.6 Å². The van der Waals surface area contributed by atoms with Crippen LogP contribution in [0, 0.1) is 13.8 Å². The molecule has 1 aromatic carbocycles. The van der Waals surface area contributed by atoms with Crippen molar-refractivity contribution in [3.63, 3.8) is 0 Å². The Morgan fingerprint density at radius 2 is 1.92 bits per heavy atom. The van der Waals surface area contributed by atoms with Crippen molar-refractivity contribution < 1.29 is 23.2 Å². The van der Waals surface area contributed by atoms with Gasteiger partial charge in [-0.3, -0.25) is 14.3 Å². The molecule has 12 heteroatoms. The topological polar surface area (TPSA) is 143 Å². The highest BCUT2D eigenvalue weighted by Crippen LogP contribution is 2.37. The minimum Gasteiger partial charge on any atom is -0.484 e. The first-order valence-corrected chi connectivity index (χ1v) is 12.4. The van der Waals surface area contributed by atoms with Gasteiger partial charge < -0.3 is 18.6 Å². The molecule has 0 saturated heterocycles. The van der Waals surface area contributed by atoms with E-state index in [-0.39, 0.29) is 27.8 Å². The van der Waals surface area contributed by atoms with Crippen molar-refractivity contribution in [2.45, 2.75) is 26.9 Å². The molecule has 0 spiro atoms. The predicted octanol–water partition coefficient (Wildman–Crippen LogP) is 4.77. The summed E-state index contributed by atoms with van der Waals surface area (Å²) in [5.74, 6) is 0.851. The van der Waals surface area contributed by atoms with E-state index in [2.05, 4.69) is 24.6 Å². The molecule has 0 radical (unpaired) electrons. The van der Waals surface area contributed by atoms with Crippen molar-refractivity contribution in [3.05, 3.63) is 79.1 Å². The number of benzene rings is 1. The molecular formula is C27H21ClN4O7. The molecule has 5 aromatic rings. The molecule has 4 aromatic heterocycles. The SMILES string of the molecule is Cc1cc(C(C)Oc2ccc(Cl)nc2-c2noc(=O)[nH]2)c2oc(-c3cnc4c(c3)OCCO4)c(C)c(=O)c2c1. The zero-order chi connectivity index (χ0) is 27.3. The largest absolute Gasteiger partial charge is 0.484 e. The summed E-state index contributed by atoms with van der Waals surface area (Å²) in [4.78, 5) is 36.1. The average Bonchev–Trinajstić information content (AvgIpc) is 3.37. The van der Waals surface area contributed by atoms with Gasteiger partial charge in [0, 0.05) is 22.9 Å². The quantitative estimate of drug-likeness (QED) is 0.305. The van der Waals surface area contributed by atoms with Crippen LogP contribution in [0.5, 0.6) is 17.4 Å². The Labute approximate surface area is 225 Å². The summed E-state index contributed by atoms with van der Waals surface area (Å²) in [6.07, 6.45) is 0.966. The molecule has 1 aliphatic rings. The van der Waals surface area contributed by atoms with Crippen molar-refractivity contribution in [1.29, 1.82) is 0 Å². The number of aromatic nitrogens is 4. The van der Waals surface area contributed by atoms with Gasteiger partial charge in [-0.05, 0) is 56.7 Å². The van der Waals surface area contributed by atoms with Gasteiger partial charge in [-0.2, -0.15) is 0 Å². The van der Waals surface area contributed by atoms with E-state index in [4.69, 9.17) is 30.2 Å². The maximum atomic E-state index is 13.5. The molecule has 0 aliphatic carbocycles. The smallest absolute Gasteiger partial charge is 0.439 e. The van der Waals surface area contributed by atoms with Crippen molar-refractivity contribution in [3.8, 4) is 40.2 Å². The van der Waals surface area contributed by atoms with Gasteiger partial charge in [-0.15, -0.1) is 0 Å². The highest BCUT2D eigenvalue weighted by Gasteiger charge is 2.23. The third-order valence-corrected chi connectivity index (χ3v) is 6.49. The molecule has 1 unspecified atom stereocenters. The highest BCUT2D eigenvalue weighted by molar-refractivity contribution is 6.29. The zero-order valence-electron chi connectivity index (χ0n) is 21.0. The van der Waals surface area contributed by atoms with E-state index in [0.29, 0.717) is 58.3 Å². The first kappa shape index (κ1) is 24.7. The van der Waals surface area contributed by atoms with Gasteiger partial charge in [0.15, 0.2) is 16.9 Å². The molecule has 198 valence electrons. The van der Waals surface area contributed by atoms with Crippen LogP contribution in [0.2, 0.25) is 5.15 Å². The standard InChI is InChI=1S/C27H21ClN4O7/c1-12-8-16(14(3)37-18-4-5-20(28)30-21(18)25-31-27(34)39-32-25)24-17(9-12)22(33)13(2)23(38-24)15-10-19-26(29-11-15)36-7-6-35-19/h4-5,8-11,14H,6-7H2,1-3H3,(H,31,32,34). The van der Waals surface area contributed by atoms with E-state index in [1.807, 2.05) is 19.9 Å². The lowest BCUT2D eigenvalue weighted by Gasteiger charge is -2.20. The Balaban J connectivity index is 1.47. The Hall–Kier alpha value is -4.64. The summed E-state index contributed by atoms with van der Waals surface area (Å²) in [6, 6.07) is 8.58. The van der Waals surface area contributed by atoms with Crippen LogP contribution in [-0.4, -0.2) is 33.3 Å². The number of fused-ring (bicyclic) bond motifs is 2. The van der Waals surface area contributed by atoms with Gasteiger partial charge in [0.2, 0.25) is 5.82 Å². The second kappa shape index (κ2) is 9.59. The number of nitrogens with one attached hydrogen (secondary N) is 1. The number of hydrogen-bond donors (Lipinski definition) is 1. The number of rotatable bonds is 5. The van der Waals surface area contributed by atoms with Crippen LogP contribution in [0.1, 0.15) is 29.7 Å². The van der Waals surface area contributed by atoms with Gasteiger partial charge in [0.05, 0.1) is 5.39 Å². The van der Waals surface area contributed by atoms with Gasteiger partial charge in [-0.25, -0.2) is 14.8 Å². The van der Waals surface area contributed by atoms with E-state index < -0.39 is 11.9 Å². The molecule has 1 aliphatic heterocycles. The first-order chi connectivity index (χ1) is 18.8. The van der Waals surface area contributed by atoms with Crippen molar-refractivity contribution in [1.82, 2.24) is 20.1 Å². The summed E-state index contributed by atoms with van der Waals surface area (Å²) in [5.41, 5.74) is 2.88. The Morgan fingerprint density at radius 1 is 1.10 bits per heavy atom. The summed E-state index contributed by atoms with van der Waals surface area (Å²) < 4.78 is 28.5. The van der Waals surface area contributed by atoms with E-state index in [0.717, 1.165) is 5.56 Å². The number of ether oxygens (including phenoxy) is 3. The second-order valence-corrected chi connectivity index (χ2v) is 9.41. The number of hydrogen-bond acceptors (Lipinski definition) is 10. The Bertz CT molecular complexity index is 1860. The molecule has 39 heavy (non-hydrogen) atoms. The van der Waals surface area contributed by atoms with E-state index in [1.54, 1.807) is 37.4 Å². The molecular weight excluding hydrogens is 528 g/mol. The van der Waals surface area contributed by atoms with E-state index in [1.165, 1.54) is 0 Å². The summed E-state index contributed by atoms with van der Waals surface area (Å²) >= 11 is 6.09. The normalized spacial score (nSPS) is 13.4. The zero-order valence-corrected chi connectivity index (χ0v) is 21.8. The van der Waals surface area contributed by atoms with Crippen molar-refractivity contribution in [2.75, 3.05) is 13.2 Å². The lowest BCUT2D eigenvalue weighted by atomic mass is 10.00. The maximum Gasteiger partial charge on any atom is 0.439 e. The number of aryl methyl sites for hydroxylation is 1. The van der Waals surface area contributed by atoms with Crippen LogP contribution >= 0.6 is 11.6 Å². The van der Waals surface area contributed by atoms with E-state index in [9.17, 15) is 9.59 Å². The number of pyridine rings is 2. The molecule has 6 rings (SSSR count). The third kappa shape index (κ3) is 4.50. The number of nitrogens with zero attached hydrogens (tertiary/aromatic N) is 3. The maximum absolute atomic E-state index is 13.5. The number of H-pyrrole nitrogens is 1. The summed E-state index contributed by atoms with van der Waals surface area (Å²) in [6.45, 7) is 6.23. The fourth-order valence-corrected chi connectivity index (χ4v) is 4.62. The molecule has 0 fully saturated rings. The average molecular weight is 549 g/mol. The van der Waals surface area contributed by atoms with Crippen LogP contribution in [-0.2, 0) is 0 Å². The highest BCUT2D eigenvalue weighted by atomic mass is 35.5. The molecule has 0 saturated carbocycles. The molecule has 0 bridgehead atoms. The molecule has 0 amide bonds. The Kier molecular flexibility index (Phi) is 6.07. The van der Waals surface area contributed by atoms with E-state index >= 15 is 0 Å². The summed E-state index contributed by atoms with van der Waals surface area (Å²) in [7, 11) is 0. The molecule has 5 heterocycles. The lowest BCUT2D eigenvalue weighted by molar-refractivity contribution is 0.164. The molecule has 1 atom stereocenters. The van der Waals surface area contributed by atoms with Crippen molar-refractivity contribution >= 4 is 22.6 Å². The van der Waals surface area contributed by atoms with Gasteiger partial charge >= 0.3 is 5.76 Å². The van der Waals surface area contributed by atoms with Gasteiger partial charge in [0.25, 0.3) is 5.88 Å². The second-order valence-electron chi connectivity index (χ2n) is 9.02. The summed E-state index contributed by atoms with van der Waals surface area (Å²) in [5, 5.41) is 4.29. The number of aromatic amines is 1. The van der Waals surface area contributed by atoms with Crippen molar-refractivity contribution in [2.24, 2.45) is 0 Å².